The van der Waals surface area contributed by atoms with Crippen LogP contribution in [0.1, 0.15) is 5.56 Å². The molecule has 124 valence electrons. The van der Waals surface area contributed by atoms with Gasteiger partial charge in [-0.3, -0.25) is 4.90 Å². The van der Waals surface area contributed by atoms with Gasteiger partial charge in [0.15, 0.2) is 0 Å². The van der Waals surface area contributed by atoms with Crippen molar-refractivity contribution >= 4 is 5.69 Å². The number of methoxy groups -OCH3 is 1. The molecule has 0 saturated heterocycles. The van der Waals surface area contributed by atoms with Crippen LogP contribution in [0.4, 0.5) is 10.1 Å². The van der Waals surface area contributed by atoms with E-state index in [0.29, 0.717) is 19.0 Å². The van der Waals surface area contributed by atoms with E-state index >= 15 is 0 Å². The number of nitrogen functional groups attached to an aromatic ring is 1. The predicted octanol–water partition coefficient (Wildman–Crippen LogP) is 2.94. The van der Waals surface area contributed by atoms with E-state index in [9.17, 15) is 4.39 Å². The van der Waals surface area contributed by atoms with Crippen molar-refractivity contribution in [2.75, 3.05) is 39.1 Å². The standard InChI is InChI=1S/C18H23FN2O2/c1-22-11-9-21(14-15-3-2-4-17(20)13-15)10-12-23-18-7-5-16(19)6-8-18/h2-8,13H,9-12,14,20H2,1H3. The van der Waals surface area contributed by atoms with E-state index in [0.717, 1.165) is 30.9 Å². The van der Waals surface area contributed by atoms with E-state index in [4.69, 9.17) is 15.2 Å². The number of rotatable bonds is 9. The van der Waals surface area contributed by atoms with Crippen LogP contribution in [0.25, 0.3) is 0 Å². The van der Waals surface area contributed by atoms with E-state index in [2.05, 4.69) is 11.0 Å². The number of nitrogens with zero attached hydrogens (tertiary/aromatic N) is 1. The van der Waals surface area contributed by atoms with Gasteiger partial charge in [-0.15, -0.1) is 0 Å². The van der Waals surface area contributed by atoms with Crippen LogP contribution in [0.5, 0.6) is 5.75 Å². The molecular weight excluding hydrogens is 295 g/mol. The molecule has 5 heteroatoms. The van der Waals surface area contributed by atoms with Gasteiger partial charge in [0.25, 0.3) is 0 Å². The summed E-state index contributed by atoms with van der Waals surface area (Å²) in [5.74, 6) is 0.405. The Morgan fingerprint density at radius 3 is 2.48 bits per heavy atom. The molecule has 0 atom stereocenters. The number of hydrogen-bond acceptors (Lipinski definition) is 4. The number of halogens is 1. The van der Waals surface area contributed by atoms with Gasteiger partial charge in [0.1, 0.15) is 18.2 Å². The highest BCUT2D eigenvalue weighted by atomic mass is 19.1. The summed E-state index contributed by atoms with van der Waals surface area (Å²) in [5.41, 5.74) is 7.74. The van der Waals surface area contributed by atoms with Crippen LogP contribution < -0.4 is 10.5 Å². The van der Waals surface area contributed by atoms with Crippen LogP contribution in [-0.2, 0) is 11.3 Å². The first-order valence-corrected chi connectivity index (χ1v) is 7.61. The fourth-order valence-electron chi connectivity index (χ4n) is 2.26. The van der Waals surface area contributed by atoms with Crippen molar-refractivity contribution in [3.05, 3.63) is 59.9 Å². The number of nitrogens with two attached hydrogens (primary N) is 1. The molecule has 0 aromatic heterocycles. The summed E-state index contributed by atoms with van der Waals surface area (Å²) in [4.78, 5) is 2.24. The molecule has 0 spiro atoms. The van der Waals surface area contributed by atoms with Gasteiger partial charge in [0.05, 0.1) is 6.61 Å². The van der Waals surface area contributed by atoms with Gasteiger partial charge >= 0.3 is 0 Å². The molecule has 2 N–H and O–H groups in total. The lowest BCUT2D eigenvalue weighted by Crippen LogP contribution is -2.31. The first-order valence-electron chi connectivity index (χ1n) is 7.61. The average Bonchev–Trinajstić information content (AvgIpc) is 2.54. The van der Waals surface area contributed by atoms with Crippen molar-refractivity contribution in [2.24, 2.45) is 0 Å². The third-order valence-corrected chi connectivity index (χ3v) is 3.46. The minimum absolute atomic E-state index is 0.263. The monoisotopic (exact) mass is 318 g/mol. The largest absolute Gasteiger partial charge is 0.492 e. The van der Waals surface area contributed by atoms with Gasteiger partial charge in [0.2, 0.25) is 0 Å². The summed E-state index contributed by atoms with van der Waals surface area (Å²) in [6, 6.07) is 13.9. The van der Waals surface area contributed by atoms with Crippen molar-refractivity contribution in [3.63, 3.8) is 0 Å². The normalized spacial score (nSPS) is 10.9. The van der Waals surface area contributed by atoms with Gasteiger partial charge < -0.3 is 15.2 Å². The SMILES string of the molecule is COCCN(CCOc1ccc(F)cc1)Cc1cccc(N)c1. The quantitative estimate of drug-likeness (QED) is 0.722. The Labute approximate surface area is 136 Å². The molecule has 0 radical (unpaired) electrons. The third-order valence-electron chi connectivity index (χ3n) is 3.46. The zero-order valence-electron chi connectivity index (χ0n) is 13.4. The molecular formula is C18H23FN2O2. The summed E-state index contributed by atoms with van der Waals surface area (Å²) in [6.45, 7) is 3.51. The summed E-state index contributed by atoms with van der Waals surface area (Å²) in [5, 5.41) is 0. The van der Waals surface area contributed by atoms with Gasteiger partial charge in [0, 0.05) is 32.4 Å². The van der Waals surface area contributed by atoms with Crippen LogP contribution >= 0.6 is 0 Å². The van der Waals surface area contributed by atoms with Crippen molar-refractivity contribution in [1.82, 2.24) is 4.90 Å². The maximum absolute atomic E-state index is 12.9. The second kappa shape index (κ2) is 9.12. The average molecular weight is 318 g/mol. The minimum atomic E-state index is -0.263. The smallest absolute Gasteiger partial charge is 0.123 e. The lowest BCUT2D eigenvalue weighted by molar-refractivity contribution is 0.131. The first kappa shape index (κ1) is 17.2. The molecule has 0 bridgehead atoms. The van der Waals surface area contributed by atoms with E-state index in [-0.39, 0.29) is 5.82 Å². The fraction of sp³-hybridized carbons (Fsp3) is 0.333. The lowest BCUT2D eigenvalue weighted by atomic mass is 10.2. The zero-order valence-corrected chi connectivity index (χ0v) is 13.4. The number of hydrogen-bond donors (Lipinski definition) is 1. The Balaban J connectivity index is 1.86. The number of benzene rings is 2. The molecule has 0 unspecified atom stereocenters. The second-order valence-corrected chi connectivity index (χ2v) is 5.32. The number of anilines is 1. The first-order chi connectivity index (χ1) is 11.2. The van der Waals surface area contributed by atoms with Crippen molar-refractivity contribution in [2.45, 2.75) is 6.54 Å². The highest BCUT2D eigenvalue weighted by Crippen LogP contribution is 2.12. The van der Waals surface area contributed by atoms with Gasteiger partial charge in [-0.1, -0.05) is 12.1 Å². The van der Waals surface area contributed by atoms with E-state index in [1.165, 1.54) is 12.1 Å². The highest BCUT2D eigenvalue weighted by Gasteiger charge is 2.07. The Morgan fingerprint density at radius 1 is 1.04 bits per heavy atom. The molecule has 0 aliphatic heterocycles. The van der Waals surface area contributed by atoms with Crippen LogP contribution in [-0.4, -0.2) is 38.3 Å². The summed E-state index contributed by atoms with van der Waals surface area (Å²) < 4.78 is 23.7. The van der Waals surface area contributed by atoms with Crippen molar-refractivity contribution < 1.29 is 13.9 Å². The van der Waals surface area contributed by atoms with Crippen LogP contribution in [0.2, 0.25) is 0 Å². The zero-order chi connectivity index (χ0) is 16.5. The molecule has 2 aromatic rings. The van der Waals surface area contributed by atoms with Crippen LogP contribution in [0.15, 0.2) is 48.5 Å². The van der Waals surface area contributed by atoms with E-state index in [1.807, 2.05) is 18.2 Å². The summed E-state index contributed by atoms with van der Waals surface area (Å²) in [6.07, 6.45) is 0. The van der Waals surface area contributed by atoms with Gasteiger partial charge in [-0.2, -0.15) is 0 Å². The predicted molar refractivity (Wildman–Crippen MR) is 89.9 cm³/mol. The molecule has 2 aromatic carbocycles. The molecule has 23 heavy (non-hydrogen) atoms. The van der Waals surface area contributed by atoms with Crippen molar-refractivity contribution in [1.29, 1.82) is 0 Å². The molecule has 0 aliphatic rings. The third kappa shape index (κ3) is 6.26. The Kier molecular flexibility index (Phi) is 6.84. The molecule has 0 aliphatic carbocycles. The maximum Gasteiger partial charge on any atom is 0.123 e. The Hall–Kier alpha value is -2.11. The molecule has 2 rings (SSSR count). The van der Waals surface area contributed by atoms with E-state index in [1.54, 1.807) is 19.2 Å². The van der Waals surface area contributed by atoms with Gasteiger partial charge in [-0.25, -0.2) is 4.39 Å². The highest BCUT2D eigenvalue weighted by molar-refractivity contribution is 5.40. The molecule has 0 heterocycles. The maximum atomic E-state index is 12.9. The Morgan fingerprint density at radius 2 is 1.78 bits per heavy atom. The summed E-state index contributed by atoms with van der Waals surface area (Å²) in [7, 11) is 1.69. The molecule has 0 fully saturated rings. The molecule has 0 saturated carbocycles. The Bertz CT molecular complexity index is 590. The van der Waals surface area contributed by atoms with Crippen LogP contribution in [0.3, 0.4) is 0 Å². The second-order valence-electron chi connectivity index (χ2n) is 5.32. The summed E-state index contributed by atoms with van der Waals surface area (Å²) >= 11 is 0. The van der Waals surface area contributed by atoms with Gasteiger partial charge in [-0.05, 0) is 42.0 Å². The fourth-order valence-corrected chi connectivity index (χ4v) is 2.26. The molecule has 0 amide bonds. The van der Waals surface area contributed by atoms with Crippen LogP contribution in [0, 0.1) is 5.82 Å². The minimum Gasteiger partial charge on any atom is -0.492 e. The van der Waals surface area contributed by atoms with Crippen molar-refractivity contribution in [3.8, 4) is 5.75 Å². The van der Waals surface area contributed by atoms with E-state index < -0.39 is 0 Å². The lowest BCUT2D eigenvalue weighted by Gasteiger charge is -2.22. The molecule has 4 nitrogen and oxygen atoms in total. The number of ether oxygens (including phenoxy) is 2. The topological polar surface area (TPSA) is 47.7 Å².